The second-order valence-corrected chi connectivity index (χ2v) is 5.60. The molecule has 0 spiro atoms. The highest BCUT2D eigenvalue weighted by Gasteiger charge is 2.18. The van der Waals surface area contributed by atoms with Crippen LogP contribution in [0.25, 0.3) is 0 Å². The molecule has 106 valence electrons. The lowest BCUT2D eigenvalue weighted by Crippen LogP contribution is -2.30. The van der Waals surface area contributed by atoms with Gasteiger partial charge in [-0.2, -0.15) is 5.10 Å². The maximum Gasteiger partial charge on any atom is 0.171 e. The number of hydrogen-bond acceptors (Lipinski definition) is 2. The molecule has 0 radical (unpaired) electrons. The zero-order valence-corrected chi connectivity index (χ0v) is 12.5. The summed E-state index contributed by atoms with van der Waals surface area (Å²) in [5.41, 5.74) is 0. The molecule has 2 rings (SSSR count). The second-order valence-electron chi connectivity index (χ2n) is 5.19. The average Bonchev–Trinajstić information content (AvgIpc) is 2.88. The van der Waals surface area contributed by atoms with E-state index in [0.717, 1.165) is 18.8 Å². The van der Waals surface area contributed by atoms with Gasteiger partial charge in [0.2, 0.25) is 0 Å². The Morgan fingerprint density at radius 3 is 2.95 bits per heavy atom. The minimum Gasteiger partial charge on any atom is -0.362 e. The second kappa shape index (κ2) is 7.48. The number of unbranched alkanes of at least 4 members (excludes halogenated alkanes) is 1. The molecular weight excluding hydrogens is 256 g/mol. The van der Waals surface area contributed by atoms with Crippen molar-refractivity contribution in [2.24, 2.45) is 0 Å². The minimum absolute atomic E-state index is 0.532. The first-order chi connectivity index (χ1) is 9.31. The number of nitrogens with zero attached hydrogens (tertiary/aromatic N) is 2. The Morgan fingerprint density at radius 2 is 2.21 bits per heavy atom. The van der Waals surface area contributed by atoms with Crippen molar-refractivity contribution in [1.29, 1.82) is 0 Å². The van der Waals surface area contributed by atoms with E-state index < -0.39 is 0 Å². The highest BCUT2D eigenvalue weighted by atomic mass is 32.1. The van der Waals surface area contributed by atoms with Gasteiger partial charge in [-0.15, -0.1) is 0 Å². The third-order valence-electron chi connectivity index (χ3n) is 3.65. The molecule has 0 saturated heterocycles. The van der Waals surface area contributed by atoms with Gasteiger partial charge in [0, 0.05) is 12.6 Å². The zero-order chi connectivity index (χ0) is 13.5. The Balaban J connectivity index is 1.89. The third kappa shape index (κ3) is 4.20. The third-order valence-corrected chi connectivity index (χ3v) is 3.89. The lowest BCUT2D eigenvalue weighted by atomic mass is 9.96. The fraction of sp³-hybridized carbons (Fsp3) is 0.714. The van der Waals surface area contributed by atoms with Crippen molar-refractivity contribution in [1.82, 2.24) is 15.1 Å². The molecular formula is C14H24N4S. The van der Waals surface area contributed by atoms with Crippen molar-refractivity contribution < 1.29 is 0 Å². The van der Waals surface area contributed by atoms with E-state index in [1.54, 1.807) is 0 Å². The van der Waals surface area contributed by atoms with Crippen LogP contribution in [0.15, 0.2) is 12.3 Å². The Kier molecular flexibility index (Phi) is 5.63. The molecule has 4 nitrogen and oxygen atoms in total. The van der Waals surface area contributed by atoms with Crippen LogP contribution >= 0.6 is 12.2 Å². The number of nitrogens with one attached hydrogen (secondary N) is 2. The summed E-state index contributed by atoms with van der Waals surface area (Å²) < 4.78 is 2.10. The summed E-state index contributed by atoms with van der Waals surface area (Å²) in [4.78, 5) is 0. The summed E-state index contributed by atoms with van der Waals surface area (Å²) in [6.45, 7) is 3.11. The smallest absolute Gasteiger partial charge is 0.171 e. The van der Waals surface area contributed by atoms with Crippen LogP contribution in [0.1, 0.15) is 57.9 Å². The summed E-state index contributed by atoms with van der Waals surface area (Å²) in [5.74, 6) is 1.01. The van der Waals surface area contributed by atoms with Crippen LogP contribution in [0, 0.1) is 0 Å². The van der Waals surface area contributed by atoms with E-state index in [0.29, 0.717) is 11.2 Å². The molecule has 1 aliphatic rings. The summed E-state index contributed by atoms with van der Waals surface area (Å²) in [5, 5.41) is 11.7. The highest BCUT2D eigenvalue weighted by molar-refractivity contribution is 7.80. The van der Waals surface area contributed by atoms with Crippen LogP contribution in [-0.2, 0) is 0 Å². The first-order valence-electron chi connectivity index (χ1n) is 7.39. The summed E-state index contributed by atoms with van der Waals surface area (Å²) in [6.07, 6.45) is 10.6. The summed E-state index contributed by atoms with van der Waals surface area (Å²) in [7, 11) is 0. The van der Waals surface area contributed by atoms with E-state index in [1.165, 1.54) is 38.5 Å². The molecule has 1 aliphatic carbocycles. The molecule has 2 N–H and O–H groups in total. The summed E-state index contributed by atoms with van der Waals surface area (Å²) >= 11 is 5.31. The van der Waals surface area contributed by atoms with Gasteiger partial charge in [0.1, 0.15) is 5.82 Å². The lowest BCUT2D eigenvalue weighted by Gasteiger charge is -2.24. The van der Waals surface area contributed by atoms with Crippen LogP contribution in [0.2, 0.25) is 0 Å². The van der Waals surface area contributed by atoms with Gasteiger partial charge in [-0.25, -0.2) is 4.68 Å². The predicted octanol–water partition coefficient (Wildman–Crippen LogP) is 3.47. The van der Waals surface area contributed by atoms with Crippen molar-refractivity contribution in [3.05, 3.63) is 12.3 Å². The molecule has 1 saturated carbocycles. The van der Waals surface area contributed by atoms with Crippen LogP contribution < -0.4 is 10.6 Å². The van der Waals surface area contributed by atoms with E-state index in [2.05, 4.69) is 27.3 Å². The maximum atomic E-state index is 5.31. The molecule has 0 unspecified atom stereocenters. The van der Waals surface area contributed by atoms with Crippen molar-refractivity contribution in [3.8, 4) is 0 Å². The quantitative estimate of drug-likeness (QED) is 0.640. The molecule has 0 atom stereocenters. The van der Waals surface area contributed by atoms with Crippen LogP contribution in [0.3, 0.4) is 0 Å². The van der Waals surface area contributed by atoms with Crippen LogP contribution in [0.4, 0.5) is 5.82 Å². The Morgan fingerprint density at radius 1 is 1.42 bits per heavy atom. The zero-order valence-electron chi connectivity index (χ0n) is 11.7. The first-order valence-corrected chi connectivity index (χ1v) is 7.80. The van der Waals surface area contributed by atoms with Crippen LogP contribution in [-0.4, -0.2) is 21.4 Å². The number of rotatable bonds is 5. The number of hydrogen-bond donors (Lipinski definition) is 2. The van der Waals surface area contributed by atoms with E-state index in [1.807, 2.05) is 12.3 Å². The fourth-order valence-corrected chi connectivity index (χ4v) is 2.78. The van der Waals surface area contributed by atoms with Gasteiger partial charge in [0.05, 0.1) is 12.2 Å². The lowest BCUT2D eigenvalue weighted by molar-refractivity contribution is 0.333. The molecule has 5 heteroatoms. The molecule has 19 heavy (non-hydrogen) atoms. The number of anilines is 1. The van der Waals surface area contributed by atoms with Gasteiger partial charge >= 0.3 is 0 Å². The number of thiocarbonyl (C=S) groups is 1. The Hall–Kier alpha value is -1.10. The molecule has 1 fully saturated rings. The van der Waals surface area contributed by atoms with Gasteiger partial charge in [0.15, 0.2) is 5.11 Å². The van der Waals surface area contributed by atoms with Gasteiger partial charge in [0.25, 0.3) is 0 Å². The topological polar surface area (TPSA) is 41.9 Å². The molecule has 0 amide bonds. The standard InChI is InChI=1S/C14H24N4S/c1-2-3-10-15-14(19)17-13-9-11-16-18(13)12-7-5-4-6-8-12/h9,11-12H,2-8,10H2,1H3,(H2,15,17,19). The van der Waals surface area contributed by atoms with Gasteiger partial charge in [-0.3, -0.25) is 0 Å². The largest absolute Gasteiger partial charge is 0.362 e. The molecule has 1 heterocycles. The van der Waals surface area contributed by atoms with Gasteiger partial charge in [-0.1, -0.05) is 32.6 Å². The molecule has 0 aliphatic heterocycles. The van der Waals surface area contributed by atoms with E-state index in [4.69, 9.17) is 12.2 Å². The van der Waals surface area contributed by atoms with Crippen molar-refractivity contribution in [3.63, 3.8) is 0 Å². The Bertz CT molecular complexity index is 396. The average molecular weight is 280 g/mol. The van der Waals surface area contributed by atoms with Crippen molar-refractivity contribution >= 4 is 23.1 Å². The van der Waals surface area contributed by atoms with E-state index >= 15 is 0 Å². The van der Waals surface area contributed by atoms with Crippen LogP contribution in [0.5, 0.6) is 0 Å². The van der Waals surface area contributed by atoms with Gasteiger partial charge in [-0.05, 0) is 31.5 Å². The minimum atomic E-state index is 0.532. The Labute approximate surface area is 121 Å². The van der Waals surface area contributed by atoms with Crippen molar-refractivity contribution in [2.45, 2.75) is 57.9 Å². The number of aromatic nitrogens is 2. The molecule has 0 aromatic carbocycles. The summed E-state index contributed by atoms with van der Waals surface area (Å²) in [6, 6.07) is 2.53. The predicted molar refractivity (Wildman–Crippen MR) is 83.5 cm³/mol. The normalized spacial score (nSPS) is 16.3. The van der Waals surface area contributed by atoms with E-state index in [-0.39, 0.29) is 0 Å². The van der Waals surface area contributed by atoms with Gasteiger partial charge < -0.3 is 10.6 Å². The highest BCUT2D eigenvalue weighted by Crippen LogP contribution is 2.29. The molecule has 1 aromatic heterocycles. The molecule has 0 bridgehead atoms. The van der Waals surface area contributed by atoms with Crippen molar-refractivity contribution in [2.75, 3.05) is 11.9 Å². The first kappa shape index (κ1) is 14.3. The maximum absolute atomic E-state index is 5.31. The van der Waals surface area contributed by atoms with E-state index in [9.17, 15) is 0 Å². The fourth-order valence-electron chi connectivity index (χ4n) is 2.57. The SMILES string of the molecule is CCCCNC(=S)Nc1ccnn1C1CCCCC1. The molecule has 1 aromatic rings. The monoisotopic (exact) mass is 280 g/mol.